The van der Waals surface area contributed by atoms with Gasteiger partial charge in [0, 0.05) is 36.7 Å². The van der Waals surface area contributed by atoms with E-state index in [1.54, 1.807) is 0 Å². The minimum absolute atomic E-state index is 0.0622. The quantitative estimate of drug-likeness (QED) is 0.825. The Morgan fingerprint density at radius 3 is 2.59 bits per heavy atom. The SMILES string of the molecule is CC(C)N(CCC1CSCCN1)CC(F)(F)F. The first-order valence-electron chi connectivity index (χ1n) is 6.00. The molecule has 1 unspecified atom stereocenters. The lowest BCUT2D eigenvalue weighted by Crippen LogP contribution is -2.44. The van der Waals surface area contributed by atoms with Crippen molar-refractivity contribution in [2.45, 2.75) is 38.5 Å². The molecular weight excluding hydrogens is 249 g/mol. The van der Waals surface area contributed by atoms with Crippen LogP contribution < -0.4 is 5.32 Å². The summed E-state index contributed by atoms with van der Waals surface area (Å²) in [6.45, 7) is 4.31. The summed E-state index contributed by atoms with van der Waals surface area (Å²) in [5.41, 5.74) is 0. The Bertz CT molecular complexity index is 215. The van der Waals surface area contributed by atoms with E-state index >= 15 is 0 Å². The Hall–Kier alpha value is 0.0600. The van der Waals surface area contributed by atoms with Gasteiger partial charge in [-0.2, -0.15) is 24.9 Å². The van der Waals surface area contributed by atoms with Crippen LogP contribution in [0.25, 0.3) is 0 Å². The average Bonchev–Trinajstić information content (AvgIpc) is 2.24. The maximum absolute atomic E-state index is 12.4. The van der Waals surface area contributed by atoms with Gasteiger partial charge in [0.15, 0.2) is 0 Å². The fourth-order valence-corrected chi connectivity index (χ4v) is 2.87. The second kappa shape index (κ2) is 6.85. The highest BCUT2D eigenvalue weighted by atomic mass is 32.2. The van der Waals surface area contributed by atoms with Crippen molar-refractivity contribution < 1.29 is 13.2 Å². The van der Waals surface area contributed by atoms with Crippen molar-refractivity contribution in [1.29, 1.82) is 0 Å². The molecule has 102 valence electrons. The lowest BCUT2D eigenvalue weighted by Gasteiger charge is -2.30. The van der Waals surface area contributed by atoms with Gasteiger partial charge in [0.1, 0.15) is 0 Å². The minimum Gasteiger partial charge on any atom is -0.312 e. The third kappa shape index (κ3) is 6.52. The molecule has 0 saturated carbocycles. The molecule has 1 saturated heterocycles. The molecule has 1 heterocycles. The van der Waals surface area contributed by atoms with E-state index in [0.717, 1.165) is 24.5 Å². The maximum atomic E-state index is 12.4. The zero-order chi connectivity index (χ0) is 12.9. The Labute approximate surface area is 105 Å². The van der Waals surface area contributed by atoms with Crippen molar-refractivity contribution in [3.63, 3.8) is 0 Å². The summed E-state index contributed by atoms with van der Waals surface area (Å²) in [7, 11) is 0. The average molecular weight is 270 g/mol. The van der Waals surface area contributed by atoms with Gasteiger partial charge in [-0.25, -0.2) is 0 Å². The maximum Gasteiger partial charge on any atom is 0.401 e. The summed E-state index contributed by atoms with van der Waals surface area (Å²) in [6.07, 6.45) is -3.31. The zero-order valence-corrected chi connectivity index (χ0v) is 11.2. The minimum atomic E-state index is -4.10. The first-order chi connectivity index (χ1) is 7.88. The Morgan fingerprint density at radius 1 is 1.41 bits per heavy atom. The van der Waals surface area contributed by atoms with Gasteiger partial charge in [-0.3, -0.25) is 4.90 Å². The molecule has 0 aromatic carbocycles. The predicted molar refractivity (Wildman–Crippen MR) is 66.5 cm³/mol. The van der Waals surface area contributed by atoms with Gasteiger partial charge in [0.25, 0.3) is 0 Å². The van der Waals surface area contributed by atoms with Crippen LogP contribution in [-0.2, 0) is 0 Å². The fraction of sp³-hybridized carbons (Fsp3) is 1.00. The third-order valence-corrected chi connectivity index (χ3v) is 4.01. The van der Waals surface area contributed by atoms with E-state index in [0.29, 0.717) is 12.6 Å². The summed E-state index contributed by atoms with van der Waals surface area (Å²) in [6, 6.07) is 0.302. The molecule has 1 aliphatic heterocycles. The smallest absolute Gasteiger partial charge is 0.312 e. The van der Waals surface area contributed by atoms with Crippen LogP contribution >= 0.6 is 11.8 Å². The lowest BCUT2D eigenvalue weighted by atomic mass is 10.2. The number of alkyl halides is 3. The third-order valence-electron chi connectivity index (χ3n) is 2.88. The number of hydrogen-bond donors (Lipinski definition) is 1. The molecule has 1 N–H and O–H groups in total. The van der Waals surface area contributed by atoms with Crippen LogP contribution in [0.2, 0.25) is 0 Å². The van der Waals surface area contributed by atoms with E-state index < -0.39 is 12.7 Å². The fourth-order valence-electron chi connectivity index (χ4n) is 1.88. The highest BCUT2D eigenvalue weighted by Crippen LogP contribution is 2.19. The van der Waals surface area contributed by atoms with Crippen LogP contribution in [0.1, 0.15) is 20.3 Å². The van der Waals surface area contributed by atoms with Crippen molar-refractivity contribution in [2.24, 2.45) is 0 Å². The molecule has 0 radical (unpaired) electrons. The Morgan fingerprint density at radius 2 is 2.12 bits per heavy atom. The Balaban J connectivity index is 2.33. The highest BCUT2D eigenvalue weighted by molar-refractivity contribution is 7.99. The van der Waals surface area contributed by atoms with E-state index in [-0.39, 0.29) is 6.04 Å². The summed E-state index contributed by atoms with van der Waals surface area (Å²) in [5, 5.41) is 3.35. The van der Waals surface area contributed by atoms with Gasteiger partial charge in [-0.1, -0.05) is 0 Å². The highest BCUT2D eigenvalue weighted by Gasteiger charge is 2.31. The van der Waals surface area contributed by atoms with E-state index in [2.05, 4.69) is 5.32 Å². The summed E-state index contributed by atoms with van der Waals surface area (Å²) < 4.78 is 37.1. The first-order valence-corrected chi connectivity index (χ1v) is 7.16. The van der Waals surface area contributed by atoms with Gasteiger partial charge >= 0.3 is 6.18 Å². The number of nitrogens with zero attached hydrogens (tertiary/aromatic N) is 1. The molecule has 1 fully saturated rings. The molecule has 17 heavy (non-hydrogen) atoms. The van der Waals surface area contributed by atoms with Crippen LogP contribution in [0.5, 0.6) is 0 Å². The largest absolute Gasteiger partial charge is 0.401 e. The first kappa shape index (κ1) is 15.1. The van der Waals surface area contributed by atoms with Crippen molar-refractivity contribution in [3.05, 3.63) is 0 Å². The summed E-state index contributed by atoms with van der Waals surface area (Å²) in [4.78, 5) is 1.50. The molecule has 2 nitrogen and oxygen atoms in total. The molecule has 0 spiro atoms. The molecule has 6 heteroatoms. The van der Waals surface area contributed by atoms with E-state index in [4.69, 9.17) is 0 Å². The molecule has 0 aromatic rings. The number of rotatable bonds is 5. The van der Waals surface area contributed by atoms with Crippen LogP contribution in [0.3, 0.4) is 0 Å². The molecule has 1 atom stereocenters. The van der Waals surface area contributed by atoms with Gasteiger partial charge in [-0.05, 0) is 20.3 Å². The standard InChI is InChI=1S/C11H21F3N2S/c1-9(2)16(8-11(12,13)14)5-3-10-7-17-6-4-15-10/h9-10,15H,3-8H2,1-2H3. The second-order valence-corrected chi connectivity index (χ2v) is 5.84. The van der Waals surface area contributed by atoms with Crippen molar-refractivity contribution in [2.75, 3.05) is 31.1 Å². The number of hydrogen-bond acceptors (Lipinski definition) is 3. The number of halogens is 3. The van der Waals surface area contributed by atoms with Crippen LogP contribution in [0.4, 0.5) is 13.2 Å². The number of thioether (sulfide) groups is 1. The number of nitrogens with one attached hydrogen (secondary N) is 1. The lowest BCUT2D eigenvalue weighted by molar-refractivity contribution is -0.149. The van der Waals surface area contributed by atoms with Gasteiger partial charge in [0.2, 0.25) is 0 Å². The van der Waals surface area contributed by atoms with Gasteiger partial charge in [0.05, 0.1) is 6.54 Å². The topological polar surface area (TPSA) is 15.3 Å². The van der Waals surface area contributed by atoms with Crippen molar-refractivity contribution >= 4 is 11.8 Å². The van der Waals surface area contributed by atoms with Crippen LogP contribution in [0, 0.1) is 0 Å². The molecule has 1 aliphatic rings. The molecule has 1 rings (SSSR count). The molecule has 0 aliphatic carbocycles. The van der Waals surface area contributed by atoms with Crippen LogP contribution in [0.15, 0.2) is 0 Å². The predicted octanol–water partition coefficient (Wildman–Crippen LogP) is 2.35. The summed E-state index contributed by atoms with van der Waals surface area (Å²) >= 11 is 1.87. The molecule has 0 bridgehead atoms. The van der Waals surface area contributed by atoms with E-state index in [1.807, 2.05) is 25.6 Å². The normalized spacial score (nSPS) is 22.4. The molecular formula is C11H21F3N2S. The zero-order valence-electron chi connectivity index (χ0n) is 10.4. The van der Waals surface area contributed by atoms with Crippen LogP contribution in [-0.4, -0.2) is 54.3 Å². The second-order valence-electron chi connectivity index (χ2n) is 4.69. The molecule has 0 aromatic heterocycles. The van der Waals surface area contributed by atoms with Crippen molar-refractivity contribution in [1.82, 2.24) is 10.2 Å². The Kier molecular flexibility index (Phi) is 6.09. The van der Waals surface area contributed by atoms with E-state index in [9.17, 15) is 13.2 Å². The van der Waals surface area contributed by atoms with Gasteiger partial charge < -0.3 is 5.32 Å². The summed E-state index contributed by atoms with van der Waals surface area (Å²) in [5.74, 6) is 2.12. The van der Waals surface area contributed by atoms with Crippen molar-refractivity contribution in [3.8, 4) is 0 Å². The van der Waals surface area contributed by atoms with E-state index in [1.165, 1.54) is 4.90 Å². The van der Waals surface area contributed by atoms with Gasteiger partial charge in [-0.15, -0.1) is 0 Å². The monoisotopic (exact) mass is 270 g/mol. The molecule has 0 amide bonds.